The van der Waals surface area contributed by atoms with Crippen LogP contribution in [0.1, 0.15) is 35.4 Å². The molecule has 18 heavy (non-hydrogen) atoms. The van der Waals surface area contributed by atoms with Gasteiger partial charge in [-0.3, -0.25) is 0 Å². The van der Waals surface area contributed by atoms with Crippen LogP contribution in [0.5, 0.6) is 0 Å². The summed E-state index contributed by atoms with van der Waals surface area (Å²) < 4.78 is 4.85. The van der Waals surface area contributed by atoms with Crippen molar-refractivity contribution in [3.8, 4) is 0 Å². The molecule has 4 nitrogen and oxygen atoms in total. The van der Waals surface area contributed by atoms with Crippen molar-refractivity contribution in [3.05, 3.63) is 35.4 Å². The van der Waals surface area contributed by atoms with Gasteiger partial charge < -0.3 is 14.9 Å². The SMILES string of the molecule is CCOC(=O)c1ccc(C(O)C(O)CCCl)cc1. The first kappa shape index (κ1) is 15.0. The standard InChI is InChI=1S/C13H17ClO4/c1-2-18-13(17)10-5-3-9(4-6-10)12(16)11(15)7-8-14/h3-6,11-12,15-16H,2,7-8H2,1H3. The molecule has 0 heterocycles. The zero-order valence-corrected chi connectivity index (χ0v) is 10.9. The number of aliphatic hydroxyl groups is 2. The zero-order chi connectivity index (χ0) is 13.5. The Morgan fingerprint density at radius 3 is 2.44 bits per heavy atom. The van der Waals surface area contributed by atoms with E-state index >= 15 is 0 Å². The van der Waals surface area contributed by atoms with E-state index in [4.69, 9.17) is 16.3 Å². The quantitative estimate of drug-likeness (QED) is 0.613. The van der Waals surface area contributed by atoms with Crippen molar-refractivity contribution in [1.29, 1.82) is 0 Å². The van der Waals surface area contributed by atoms with Crippen LogP contribution in [0, 0.1) is 0 Å². The molecular formula is C13H17ClO4. The van der Waals surface area contributed by atoms with Gasteiger partial charge in [-0.05, 0) is 31.0 Å². The summed E-state index contributed by atoms with van der Waals surface area (Å²) in [5, 5.41) is 19.4. The van der Waals surface area contributed by atoms with Gasteiger partial charge in [0, 0.05) is 5.88 Å². The summed E-state index contributed by atoms with van der Waals surface area (Å²) in [6, 6.07) is 6.30. The minimum Gasteiger partial charge on any atom is -0.462 e. The molecule has 0 fully saturated rings. The molecule has 100 valence electrons. The minimum atomic E-state index is -1.00. The van der Waals surface area contributed by atoms with Crippen molar-refractivity contribution < 1.29 is 19.7 Å². The van der Waals surface area contributed by atoms with Crippen LogP contribution in [0.15, 0.2) is 24.3 Å². The number of esters is 1. The average molecular weight is 273 g/mol. The summed E-state index contributed by atoms with van der Waals surface area (Å²) in [5.74, 6) is -0.126. The van der Waals surface area contributed by atoms with Gasteiger partial charge in [-0.25, -0.2) is 4.79 Å². The molecule has 0 saturated carbocycles. The van der Waals surface area contributed by atoms with Crippen LogP contribution in [0.2, 0.25) is 0 Å². The van der Waals surface area contributed by atoms with Crippen LogP contribution in [0.3, 0.4) is 0 Å². The number of carbonyl (C=O) groups excluding carboxylic acids is 1. The summed E-state index contributed by atoms with van der Waals surface area (Å²) in [6.07, 6.45) is -1.60. The third kappa shape index (κ3) is 3.98. The van der Waals surface area contributed by atoms with Gasteiger partial charge in [-0.1, -0.05) is 12.1 Å². The van der Waals surface area contributed by atoms with Gasteiger partial charge in [0.2, 0.25) is 0 Å². The van der Waals surface area contributed by atoms with Gasteiger partial charge in [0.05, 0.1) is 18.3 Å². The number of carbonyl (C=O) groups is 1. The highest BCUT2D eigenvalue weighted by atomic mass is 35.5. The fourth-order valence-electron chi connectivity index (χ4n) is 1.52. The lowest BCUT2D eigenvalue weighted by Gasteiger charge is -2.17. The number of rotatable bonds is 6. The fourth-order valence-corrected chi connectivity index (χ4v) is 1.75. The summed E-state index contributed by atoms with van der Waals surface area (Å²) in [6.45, 7) is 2.05. The Hall–Kier alpha value is -1.10. The van der Waals surface area contributed by atoms with E-state index in [0.29, 0.717) is 24.2 Å². The molecule has 1 aromatic carbocycles. The van der Waals surface area contributed by atoms with Crippen molar-refractivity contribution in [3.63, 3.8) is 0 Å². The molecule has 0 amide bonds. The molecule has 0 spiro atoms. The van der Waals surface area contributed by atoms with Crippen LogP contribution in [0.25, 0.3) is 0 Å². The fraction of sp³-hybridized carbons (Fsp3) is 0.462. The van der Waals surface area contributed by atoms with Crippen molar-refractivity contribution >= 4 is 17.6 Å². The summed E-state index contributed by atoms with van der Waals surface area (Å²) in [4.78, 5) is 11.4. The van der Waals surface area contributed by atoms with Crippen molar-refractivity contribution in [2.45, 2.75) is 25.6 Å². The lowest BCUT2D eigenvalue weighted by atomic mass is 10.0. The lowest BCUT2D eigenvalue weighted by molar-refractivity contribution is 0.0170. The summed E-state index contributed by atoms with van der Waals surface area (Å²) in [5.41, 5.74) is 0.959. The number of aliphatic hydroxyl groups excluding tert-OH is 2. The second-order valence-corrected chi connectivity index (χ2v) is 4.21. The van der Waals surface area contributed by atoms with E-state index in [9.17, 15) is 15.0 Å². The average Bonchev–Trinajstić information content (AvgIpc) is 2.38. The van der Waals surface area contributed by atoms with E-state index in [0.717, 1.165) is 0 Å². The maximum atomic E-state index is 11.4. The molecule has 0 saturated heterocycles. The molecule has 0 aliphatic rings. The summed E-state index contributed by atoms with van der Waals surface area (Å²) >= 11 is 5.50. The topological polar surface area (TPSA) is 66.8 Å². The molecule has 1 aromatic rings. The first-order valence-electron chi connectivity index (χ1n) is 5.79. The molecule has 2 N–H and O–H groups in total. The zero-order valence-electron chi connectivity index (χ0n) is 10.2. The van der Waals surface area contributed by atoms with Gasteiger partial charge in [0.1, 0.15) is 6.10 Å². The van der Waals surface area contributed by atoms with Crippen LogP contribution in [0.4, 0.5) is 0 Å². The van der Waals surface area contributed by atoms with Crippen LogP contribution < -0.4 is 0 Å². The van der Waals surface area contributed by atoms with Gasteiger partial charge in [-0.15, -0.1) is 11.6 Å². The Kier molecular flexibility index (Phi) is 6.12. The molecule has 2 unspecified atom stereocenters. The highest BCUT2D eigenvalue weighted by molar-refractivity contribution is 6.17. The number of ether oxygens (including phenoxy) is 1. The predicted molar refractivity (Wildman–Crippen MR) is 68.7 cm³/mol. The number of alkyl halides is 1. The highest BCUT2D eigenvalue weighted by Gasteiger charge is 2.18. The monoisotopic (exact) mass is 272 g/mol. The van der Waals surface area contributed by atoms with E-state index in [-0.39, 0.29) is 5.88 Å². The van der Waals surface area contributed by atoms with Crippen molar-refractivity contribution in [2.24, 2.45) is 0 Å². The molecule has 0 radical (unpaired) electrons. The first-order chi connectivity index (χ1) is 8.60. The van der Waals surface area contributed by atoms with Gasteiger partial charge in [0.25, 0.3) is 0 Å². The smallest absolute Gasteiger partial charge is 0.338 e. The van der Waals surface area contributed by atoms with Crippen molar-refractivity contribution in [1.82, 2.24) is 0 Å². The van der Waals surface area contributed by atoms with E-state index in [1.165, 1.54) is 0 Å². The Bertz CT molecular complexity index is 377. The number of hydrogen-bond donors (Lipinski definition) is 2. The van der Waals surface area contributed by atoms with E-state index in [2.05, 4.69) is 0 Å². The van der Waals surface area contributed by atoms with Crippen LogP contribution >= 0.6 is 11.6 Å². The molecular weight excluding hydrogens is 256 g/mol. The van der Waals surface area contributed by atoms with Gasteiger partial charge in [-0.2, -0.15) is 0 Å². The Morgan fingerprint density at radius 1 is 1.33 bits per heavy atom. The normalized spacial score (nSPS) is 14.0. The van der Waals surface area contributed by atoms with Crippen LogP contribution in [-0.4, -0.2) is 34.8 Å². The summed E-state index contributed by atoms with van der Waals surface area (Å²) in [7, 11) is 0. The third-order valence-corrected chi connectivity index (χ3v) is 2.75. The Morgan fingerprint density at radius 2 is 1.94 bits per heavy atom. The number of hydrogen-bond acceptors (Lipinski definition) is 4. The van der Waals surface area contributed by atoms with Crippen LogP contribution in [-0.2, 0) is 4.74 Å². The van der Waals surface area contributed by atoms with E-state index in [1.54, 1.807) is 31.2 Å². The molecule has 5 heteroatoms. The second kappa shape index (κ2) is 7.36. The van der Waals surface area contributed by atoms with E-state index in [1.807, 2.05) is 0 Å². The number of halogens is 1. The molecule has 0 aliphatic heterocycles. The molecule has 2 atom stereocenters. The lowest BCUT2D eigenvalue weighted by Crippen LogP contribution is -2.18. The van der Waals surface area contributed by atoms with Crippen molar-refractivity contribution in [2.75, 3.05) is 12.5 Å². The molecule has 0 aromatic heterocycles. The van der Waals surface area contributed by atoms with E-state index < -0.39 is 18.2 Å². The predicted octanol–water partition coefficient (Wildman–Crippen LogP) is 1.89. The maximum absolute atomic E-state index is 11.4. The number of benzene rings is 1. The largest absolute Gasteiger partial charge is 0.462 e. The Labute approximate surface area is 111 Å². The molecule has 0 aliphatic carbocycles. The van der Waals surface area contributed by atoms with Gasteiger partial charge >= 0.3 is 5.97 Å². The third-order valence-electron chi connectivity index (χ3n) is 2.53. The first-order valence-corrected chi connectivity index (χ1v) is 6.32. The molecule has 0 bridgehead atoms. The highest BCUT2D eigenvalue weighted by Crippen LogP contribution is 2.20. The molecule has 1 rings (SSSR count). The Balaban J connectivity index is 2.73. The minimum absolute atomic E-state index is 0.277. The second-order valence-electron chi connectivity index (χ2n) is 3.83. The maximum Gasteiger partial charge on any atom is 0.338 e. The van der Waals surface area contributed by atoms with Gasteiger partial charge in [0.15, 0.2) is 0 Å².